The van der Waals surface area contributed by atoms with E-state index in [4.69, 9.17) is 0 Å². The first-order valence-electron chi connectivity index (χ1n) is 7.24. The topological polar surface area (TPSA) is 70.7 Å². The van der Waals surface area contributed by atoms with Crippen molar-refractivity contribution in [1.29, 1.82) is 0 Å². The fraction of sp³-hybridized carbons (Fsp3) is 0.438. The molecule has 0 fully saturated rings. The minimum absolute atomic E-state index is 0.000460. The van der Waals surface area contributed by atoms with E-state index < -0.39 is 0 Å². The molecule has 2 heterocycles. The molecule has 0 aromatic carbocycles. The van der Waals surface area contributed by atoms with Gasteiger partial charge in [-0.25, -0.2) is 0 Å². The molecule has 0 aliphatic carbocycles. The standard InChI is InChI=1S/C16H22N4O/c1-5-14(16-10(2)7-6-8-17-16)18-15(21)9-13-11(3)19-20-12(13)4/h6-8,14H,5,9H2,1-4H3,(H,18,21)(H,19,20)/t14-/m1/s1. The number of hydrogen-bond donors (Lipinski definition) is 2. The van der Waals surface area contributed by atoms with E-state index in [9.17, 15) is 4.79 Å². The van der Waals surface area contributed by atoms with Crippen LogP contribution in [0.25, 0.3) is 0 Å². The Morgan fingerprint density at radius 1 is 1.38 bits per heavy atom. The first-order valence-corrected chi connectivity index (χ1v) is 7.24. The fourth-order valence-corrected chi connectivity index (χ4v) is 2.47. The maximum atomic E-state index is 12.3. The van der Waals surface area contributed by atoms with Gasteiger partial charge in [-0.1, -0.05) is 13.0 Å². The molecule has 0 bridgehead atoms. The molecule has 112 valence electrons. The second-order valence-corrected chi connectivity index (χ2v) is 5.32. The SMILES string of the molecule is CC[C@@H](NC(=O)Cc1c(C)n[nH]c1C)c1ncccc1C. The third kappa shape index (κ3) is 3.48. The second-order valence-electron chi connectivity index (χ2n) is 5.32. The van der Waals surface area contributed by atoms with Gasteiger partial charge in [-0.2, -0.15) is 5.10 Å². The molecule has 0 aliphatic heterocycles. The quantitative estimate of drug-likeness (QED) is 0.887. The lowest BCUT2D eigenvalue weighted by atomic mass is 10.0. The summed E-state index contributed by atoms with van der Waals surface area (Å²) in [5.74, 6) is -0.000460. The Morgan fingerprint density at radius 2 is 2.14 bits per heavy atom. The van der Waals surface area contributed by atoms with Gasteiger partial charge in [-0.15, -0.1) is 0 Å². The Kier molecular flexibility index (Phi) is 4.73. The summed E-state index contributed by atoms with van der Waals surface area (Å²) in [5.41, 5.74) is 4.84. The third-order valence-electron chi connectivity index (χ3n) is 3.74. The van der Waals surface area contributed by atoms with Crippen molar-refractivity contribution in [3.8, 4) is 0 Å². The minimum Gasteiger partial charge on any atom is -0.347 e. The number of pyridine rings is 1. The average Bonchev–Trinajstić information content (AvgIpc) is 2.77. The molecule has 5 nitrogen and oxygen atoms in total. The lowest BCUT2D eigenvalue weighted by Crippen LogP contribution is -2.30. The van der Waals surface area contributed by atoms with Crippen LogP contribution in [-0.2, 0) is 11.2 Å². The number of nitrogens with zero attached hydrogens (tertiary/aromatic N) is 2. The van der Waals surface area contributed by atoms with Gasteiger partial charge in [0.25, 0.3) is 0 Å². The fourth-order valence-electron chi connectivity index (χ4n) is 2.47. The molecular formula is C16H22N4O. The summed E-state index contributed by atoms with van der Waals surface area (Å²) in [6.45, 7) is 7.91. The summed E-state index contributed by atoms with van der Waals surface area (Å²) in [5, 5.41) is 10.1. The highest BCUT2D eigenvalue weighted by molar-refractivity contribution is 5.79. The van der Waals surface area contributed by atoms with Crippen LogP contribution < -0.4 is 5.32 Å². The predicted octanol–water partition coefficient (Wildman–Crippen LogP) is 2.54. The molecule has 0 aliphatic rings. The van der Waals surface area contributed by atoms with Crippen LogP contribution in [0.1, 0.15) is 47.6 Å². The first-order chi connectivity index (χ1) is 10.0. The average molecular weight is 286 g/mol. The highest BCUT2D eigenvalue weighted by Crippen LogP contribution is 2.18. The smallest absolute Gasteiger partial charge is 0.225 e. The first kappa shape index (κ1) is 15.2. The van der Waals surface area contributed by atoms with Crippen LogP contribution in [0.5, 0.6) is 0 Å². The van der Waals surface area contributed by atoms with E-state index in [-0.39, 0.29) is 11.9 Å². The number of H-pyrrole nitrogens is 1. The number of rotatable bonds is 5. The van der Waals surface area contributed by atoms with Crippen molar-refractivity contribution in [3.63, 3.8) is 0 Å². The predicted molar refractivity (Wildman–Crippen MR) is 81.9 cm³/mol. The van der Waals surface area contributed by atoms with E-state index in [0.717, 1.165) is 34.6 Å². The highest BCUT2D eigenvalue weighted by atomic mass is 16.1. The molecule has 21 heavy (non-hydrogen) atoms. The van der Waals surface area contributed by atoms with Crippen molar-refractivity contribution < 1.29 is 4.79 Å². The normalized spacial score (nSPS) is 12.2. The van der Waals surface area contributed by atoms with E-state index in [2.05, 4.69) is 20.5 Å². The molecule has 0 saturated carbocycles. The summed E-state index contributed by atoms with van der Waals surface area (Å²) in [7, 11) is 0. The number of amides is 1. The third-order valence-corrected chi connectivity index (χ3v) is 3.74. The second kappa shape index (κ2) is 6.52. The lowest BCUT2D eigenvalue weighted by molar-refractivity contribution is -0.121. The Hall–Kier alpha value is -2.17. The van der Waals surface area contributed by atoms with Crippen LogP contribution in [0.3, 0.4) is 0 Å². The van der Waals surface area contributed by atoms with Crippen molar-refractivity contribution in [2.75, 3.05) is 0 Å². The Balaban J connectivity index is 2.09. The van der Waals surface area contributed by atoms with Crippen LogP contribution in [0, 0.1) is 20.8 Å². The van der Waals surface area contributed by atoms with Crippen LogP contribution in [0.15, 0.2) is 18.3 Å². The number of hydrogen-bond acceptors (Lipinski definition) is 3. The van der Waals surface area contributed by atoms with Gasteiger partial charge in [-0.3, -0.25) is 14.9 Å². The maximum absolute atomic E-state index is 12.3. The van der Waals surface area contributed by atoms with E-state index in [0.29, 0.717) is 6.42 Å². The molecule has 2 aromatic heterocycles. The molecule has 0 radical (unpaired) electrons. The van der Waals surface area contributed by atoms with Gasteiger partial charge in [0.1, 0.15) is 0 Å². The van der Waals surface area contributed by atoms with Crippen molar-refractivity contribution in [2.45, 2.75) is 46.6 Å². The molecule has 2 aromatic rings. The molecule has 2 rings (SSSR count). The molecule has 1 atom stereocenters. The lowest BCUT2D eigenvalue weighted by Gasteiger charge is -2.18. The number of carbonyl (C=O) groups excluding carboxylic acids is 1. The molecule has 0 spiro atoms. The number of carbonyl (C=O) groups is 1. The number of aromatic nitrogens is 3. The number of aryl methyl sites for hydroxylation is 3. The summed E-state index contributed by atoms with van der Waals surface area (Å²) in [6.07, 6.45) is 2.92. The van der Waals surface area contributed by atoms with Gasteiger partial charge >= 0.3 is 0 Å². The number of aromatic amines is 1. The molecule has 5 heteroatoms. The van der Waals surface area contributed by atoms with E-state index in [1.54, 1.807) is 6.20 Å². The molecule has 0 saturated heterocycles. The molecule has 2 N–H and O–H groups in total. The van der Waals surface area contributed by atoms with Crippen LogP contribution in [0.2, 0.25) is 0 Å². The zero-order valence-corrected chi connectivity index (χ0v) is 13.0. The zero-order valence-electron chi connectivity index (χ0n) is 13.0. The van der Waals surface area contributed by atoms with Gasteiger partial charge in [0.05, 0.1) is 23.9 Å². The van der Waals surface area contributed by atoms with Crippen molar-refractivity contribution in [3.05, 3.63) is 46.5 Å². The Labute approximate surface area is 125 Å². The molecular weight excluding hydrogens is 264 g/mol. The Morgan fingerprint density at radius 3 is 2.71 bits per heavy atom. The van der Waals surface area contributed by atoms with Crippen molar-refractivity contribution >= 4 is 5.91 Å². The Bertz CT molecular complexity index is 613. The molecule has 0 unspecified atom stereocenters. The van der Waals surface area contributed by atoms with Gasteiger partial charge in [0.15, 0.2) is 0 Å². The summed E-state index contributed by atoms with van der Waals surface area (Å²) in [6, 6.07) is 3.87. The van der Waals surface area contributed by atoms with E-state index >= 15 is 0 Å². The molecule has 1 amide bonds. The minimum atomic E-state index is -0.0498. The summed E-state index contributed by atoms with van der Waals surface area (Å²) >= 11 is 0. The largest absolute Gasteiger partial charge is 0.347 e. The van der Waals surface area contributed by atoms with Crippen LogP contribution in [0.4, 0.5) is 0 Å². The zero-order chi connectivity index (χ0) is 15.4. The summed E-state index contributed by atoms with van der Waals surface area (Å²) in [4.78, 5) is 16.7. The summed E-state index contributed by atoms with van der Waals surface area (Å²) < 4.78 is 0. The highest BCUT2D eigenvalue weighted by Gasteiger charge is 2.18. The van der Waals surface area contributed by atoms with Gasteiger partial charge in [0, 0.05) is 17.5 Å². The van der Waals surface area contributed by atoms with Gasteiger partial charge < -0.3 is 5.32 Å². The number of nitrogens with one attached hydrogen (secondary N) is 2. The van der Waals surface area contributed by atoms with Gasteiger partial charge in [-0.05, 0) is 38.8 Å². The van der Waals surface area contributed by atoms with Gasteiger partial charge in [0.2, 0.25) is 5.91 Å². The van der Waals surface area contributed by atoms with E-state index in [1.807, 2.05) is 39.8 Å². The van der Waals surface area contributed by atoms with E-state index in [1.165, 1.54) is 0 Å². The van der Waals surface area contributed by atoms with Crippen molar-refractivity contribution in [1.82, 2.24) is 20.5 Å². The van der Waals surface area contributed by atoms with Crippen LogP contribution in [-0.4, -0.2) is 21.1 Å². The van der Waals surface area contributed by atoms with Crippen molar-refractivity contribution in [2.24, 2.45) is 0 Å². The maximum Gasteiger partial charge on any atom is 0.225 e. The monoisotopic (exact) mass is 286 g/mol. The van der Waals surface area contributed by atoms with Crippen LogP contribution >= 0.6 is 0 Å².